The summed E-state index contributed by atoms with van der Waals surface area (Å²) >= 11 is 0. The summed E-state index contributed by atoms with van der Waals surface area (Å²) in [6.45, 7) is 3.41. The zero-order chi connectivity index (χ0) is 9.97. The monoisotopic (exact) mass is 191 g/mol. The average Bonchev–Trinajstić information content (AvgIpc) is 2.65. The van der Waals surface area contributed by atoms with Gasteiger partial charge in [-0.3, -0.25) is 0 Å². The lowest BCUT2D eigenvalue weighted by atomic mass is 10.0. The molecule has 1 aromatic rings. The number of rotatable bonds is 2. The van der Waals surface area contributed by atoms with E-state index in [0.29, 0.717) is 6.04 Å². The molecule has 0 aliphatic carbocycles. The van der Waals surface area contributed by atoms with Crippen LogP contribution in [0.25, 0.3) is 0 Å². The largest absolute Gasteiger partial charge is 0.497 e. The molecule has 1 aromatic carbocycles. The second kappa shape index (κ2) is 4.01. The van der Waals surface area contributed by atoms with Crippen molar-refractivity contribution in [1.29, 1.82) is 0 Å². The summed E-state index contributed by atoms with van der Waals surface area (Å²) < 4.78 is 5.21. The molecule has 0 bridgehead atoms. The molecule has 14 heavy (non-hydrogen) atoms. The maximum absolute atomic E-state index is 5.21. The van der Waals surface area contributed by atoms with E-state index in [9.17, 15) is 0 Å². The lowest BCUT2D eigenvalue weighted by Gasteiger charge is -2.11. The molecule has 0 unspecified atom stereocenters. The first-order valence-corrected chi connectivity index (χ1v) is 5.17. The van der Waals surface area contributed by atoms with Crippen LogP contribution in [-0.2, 0) is 0 Å². The highest BCUT2D eigenvalue weighted by molar-refractivity contribution is 5.31. The third-order valence-corrected chi connectivity index (χ3v) is 2.85. The molecule has 2 nitrogen and oxygen atoms in total. The van der Waals surface area contributed by atoms with Crippen LogP contribution in [0.3, 0.4) is 0 Å². The van der Waals surface area contributed by atoms with Crippen LogP contribution in [0.4, 0.5) is 0 Å². The molecule has 0 radical (unpaired) electrons. The van der Waals surface area contributed by atoms with Crippen LogP contribution >= 0.6 is 0 Å². The van der Waals surface area contributed by atoms with Crippen molar-refractivity contribution in [2.24, 2.45) is 5.92 Å². The second-order valence-electron chi connectivity index (χ2n) is 4.08. The van der Waals surface area contributed by atoms with Gasteiger partial charge in [-0.1, -0.05) is 19.1 Å². The van der Waals surface area contributed by atoms with E-state index >= 15 is 0 Å². The van der Waals surface area contributed by atoms with Gasteiger partial charge < -0.3 is 10.1 Å². The average molecular weight is 191 g/mol. The predicted molar refractivity (Wildman–Crippen MR) is 57.5 cm³/mol. The third-order valence-electron chi connectivity index (χ3n) is 2.85. The molecule has 1 aliphatic heterocycles. The van der Waals surface area contributed by atoms with Crippen LogP contribution in [0, 0.1) is 5.92 Å². The van der Waals surface area contributed by atoms with Gasteiger partial charge in [-0.2, -0.15) is 0 Å². The minimum Gasteiger partial charge on any atom is -0.497 e. The van der Waals surface area contributed by atoms with Gasteiger partial charge in [0.15, 0.2) is 0 Å². The minimum absolute atomic E-state index is 0.514. The summed E-state index contributed by atoms with van der Waals surface area (Å²) in [5.41, 5.74) is 1.34. The molecule has 1 fully saturated rings. The number of hydrogen-bond acceptors (Lipinski definition) is 2. The first-order chi connectivity index (χ1) is 6.79. The zero-order valence-corrected chi connectivity index (χ0v) is 8.79. The highest BCUT2D eigenvalue weighted by Crippen LogP contribution is 2.28. The molecule has 2 heteroatoms. The van der Waals surface area contributed by atoms with Crippen LogP contribution in [-0.4, -0.2) is 13.7 Å². The van der Waals surface area contributed by atoms with Crippen molar-refractivity contribution in [2.75, 3.05) is 13.7 Å². The van der Waals surface area contributed by atoms with Crippen molar-refractivity contribution in [1.82, 2.24) is 5.32 Å². The first kappa shape index (κ1) is 9.53. The number of ether oxygens (including phenoxy) is 1. The van der Waals surface area contributed by atoms with Crippen LogP contribution < -0.4 is 10.1 Å². The van der Waals surface area contributed by atoms with Crippen LogP contribution in [0.15, 0.2) is 24.3 Å². The maximum Gasteiger partial charge on any atom is 0.119 e. The van der Waals surface area contributed by atoms with Crippen molar-refractivity contribution in [3.8, 4) is 5.75 Å². The Morgan fingerprint density at radius 3 is 2.93 bits per heavy atom. The Kier molecular flexibility index (Phi) is 2.73. The van der Waals surface area contributed by atoms with E-state index in [1.165, 1.54) is 12.0 Å². The van der Waals surface area contributed by atoms with E-state index in [-0.39, 0.29) is 0 Å². The number of nitrogens with one attached hydrogen (secondary N) is 1. The lowest BCUT2D eigenvalue weighted by molar-refractivity contribution is 0.413. The zero-order valence-electron chi connectivity index (χ0n) is 8.79. The Morgan fingerprint density at radius 2 is 2.29 bits per heavy atom. The summed E-state index contributed by atoms with van der Waals surface area (Å²) in [6.07, 6.45) is 1.23. The van der Waals surface area contributed by atoms with Crippen molar-refractivity contribution >= 4 is 0 Å². The van der Waals surface area contributed by atoms with Gasteiger partial charge in [0.25, 0.3) is 0 Å². The summed E-state index contributed by atoms with van der Waals surface area (Å²) in [4.78, 5) is 0. The molecule has 1 heterocycles. The minimum atomic E-state index is 0.514. The van der Waals surface area contributed by atoms with E-state index in [4.69, 9.17) is 4.74 Å². The molecule has 0 aromatic heterocycles. The Hall–Kier alpha value is -1.02. The number of hydrogen-bond donors (Lipinski definition) is 1. The van der Waals surface area contributed by atoms with Gasteiger partial charge in [0, 0.05) is 6.04 Å². The number of benzene rings is 1. The fourth-order valence-corrected chi connectivity index (χ4v) is 2.02. The Labute approximate surface area is 85.3 Å². The maximum atomic E-state index is 5.21. The molecule has 2 atom stereocenters. The van der Waals surface area contributed by atoms with E-state index < -0.39 is 0 Å². The van der Waals surface area contributed by atoms with Crippen molar-refractivity contribution in [2.45, 2.75) is 19.4 Å². The molecular weight excluding hydrogens is 174 g/mol. The molecule has 0 amide bonds. The topological polar surface area (TPSA) is 21.3 Å². The smallest absolute Gasteiger partial charge is 0.119 e. The molecule has 1 saturated heterocycles. The van der Waals surface area contributed by atoms with E-state index in [0.717, 1.165) is 18.2 Å². The van der Waals surface area contributed by atoms with Crippen molar-refractivity contribution in [3.63, 3.8) is 0 Å². The molecule has 76 valence electrons. The summed E-state index contributed by atoms with van der Waals surface area (Å²) in [7, 11) is 1.71. The Balaban J connectivity index is 2.15. The highest BCUT2D eigenvalue weighted by atomic mass is 16.5. The van der Waals surface area contributed by atoms with Gasteiger partial charge in [0.05, 0.1) is 7.11 Å². The quantitative estimate of drug-likeness (QED) is 0.775. The Bertz CT molecular complexity index is 311. The van der Waals surface area contributed by atoms with Gasteiger partial charge in [0.2, 0.25) is 0 Å². The molecule has 2 rings (SSSR count). The SMILES string of the molecule is COc1cccc([C@@H]2C[C@H](C)CN2)c1. The molecule has 0 spiro atoms. The fraction of sp³-hybridized carbons (Fsp3) is 0.500. The van der Waals surface area contributed by atoms with Gasteiger partial charge in [-0.25, -0.2) is 0 Å². The Morgan fingerprint density at radius 1 is 1.43 bits per heavy atom. The fourth-order valence-electron chi connectivity index (χ4n) is 2.02. The summed E-state index contributed by atoms with van der Waals surface area (Å²) in [6, 6.07) is 8.84. The van der Waals surface area contributed by atoms with Gasteiger partial charge in [-0.05, 0) is 36.6 Å². The molecule has 0 saturated carbocycles. The van der Waals surface area contributed by atoms with Crippen molar-refractivity contribution < 1.29 is 4.74 Å². The van der Waals surface area contributed by atoms with Gasteiger partial charge in [0.1, 0.15) is 5.75 Å². The van der Waals surface area contributed by atoms with Gasteiger partial charge >= 0.3 is 0 Å². The van der Waals surface area contributed by atoms with E-state index in [1.807, 2.05) is 6.07 Å². The predicted octanol–water partition coefficient (Wildman–Crippen LogP) is 2.37. The standard InChI is InChI=1S/C12H17NO/c1-9-6-12(13-8-9)10-4-3-5-11(7-10)14-2/h3-5,7,9,12-13H,6,8H2,1-2H3/t9-,12-/m0/s1. The molecular formula is C12H17NO. The van der Waals surface area contributed by atoms with Crippen LogP contribution in [0.1, 0.15) is 24.9 Å². The van der Waals surface area contributed by atoms with E-state index in [1.54, 1.807) is 7.11 Å². The summed E-state index contributed by atoms with van der Waals surface area (Å²) in [5, 5.41) is 3.52. The third kappa shape index (κ3) is 1.90. The highest BCUT2D eigenvalue weighted by Gasteiger charge is 2.21. The number of methoxy groups -OCH3 is 1. The van der Waals surface area contributed by atoms with Gasteiger partial charge in [-0.15, -0.1) is 0 Å². The normalized spacial score (nSPS) is 26.4. The summed E-state index contributed by atoms with van der Waals surface area (Å²) in [5.74, 6) is 1.73. The first-order valence-electron chi connectivity index (χ1n) is 5.17. The molecule has 1 aliphatic rings. The van der Waals surface area contributed by atoms with Crippen LogP contribution in [0.5, 0.6) is 5.75 Å². The van der Waals surface area contributed by atoms with E-state index in [2.05, 4.69) is 30.4 Å². The lowest BCUT2D eigenvalue weighted by Crippen LogP contribution is -2.13. The van der Waals surface area contributed by atoms with Crippen molar-refractivity contribution in [3.05, 3.63) is 29.8 Å². The second-order valence-corrected chi connectivity index (χ2v) is 4.08. The van der Waals surface area contributed by atoms with Crippen LogP contribution in [0.2, 0.25) is 0 Å². The molecule has 1 N–H and O–H groups in total.